The van der Waals surface area contributed by atoms with Gasteiger partial charge in [0.15, 0.2) is 5.78 Å². The van der Waals surface area contributed by atoms with Gasteiger partial charge < -0.3 is 10.5 Å². The number of ether oxygens (including phenoxy) is 1. The fourth-order valence-corrected chi connectivity index (χ4v) is 2.44. The highest BCUT2D eigenvalue weighted by Gasteiger charge is 2.21. The lowest BCUT2D eigenvalue weighted by molar-refractivity contribution is -0.125. The van der Waals surface area contributed by atoms with Crippen molar-refractivity contribution < 1.29 is 14.3 Å². The molecule has 4 nitrogen and oxygen atoms in total. The van der Waals surface area contributed by atoms with Gasteiger partial charge in [0, 0.05) is 11.5 Å². The zero-order valence-corrected chi connectivity index (χ0v) is 10.9. The molecule has 1 amide bonds. The third-order valence-corrected chi connectivity index (χ3v) is 3.56. The van der Waals surface area contributed by atoms with Crippen LogP contribution in [0.25, 0.3) is 0 Å². The summed E-state index contributed by atoms with van der Waals surface area (Å²) in [7, 11) is 0. The SMILES string of the molecule is NC(=O)c1cccc(OCC(=O)C2CCCCC2)c1. The first kappa shape index (κ1) is 13.6. The van der Waals surface area contributed by atoms with Gasteiger partial charge in [-0.2, -0.15) is 0 Å². The molecule has 1 saturated carbocycles. The highest BCUT2D eigenvalue weighted by atomic mass is 16.5. The summed E-state index contributed by atoms with van der Waals surface area (Å²) in [6, 6.07) is 6.61. The van der Waals surface area contributed by atoms with Crippen molar-refractivity contribution in [1.29, 1.82) is 0 Å². The van der Waals surface area contributed by atoms with E-state index in [1.165, 1.54) is 6.42 Å². The van der Waals surface area contributed by atoms with Crippen LogP contribution in [0.15, 0.2) is 24.3 Å². The minimum absolute atomic E-state index is 0.0763. The largest absolute Gasteiger partial charge is 0.486 e. The van der Waals surface area contributed by atoms with Gasteiger partial charge in [0.05, 0.1) is 0 Å². The zero-order valence-electron chi connectivity index (χ0n) is 10.9. The molecule has 0 atom stereocenters. The number of carbonyl (C=O) groups is 2. The van der Waals surface area contributed by atoms with Crippen LogP contribution in [0, 0.1) is 5.92 Å². The van der Waals surface area contributed by atoms with Crippen molar-refractivity contribution in [3.63, 3.8) is 0 Å². The number of nitrogens with two attached hydrogens (primary N) is 1. The summed E-state index contributed by atoms with van der Waals surface area (Å²) in [6.07, 6.45) is 5.44. The van der Waals surface area contributed by atoms with E-state index in [0.29, 0.717) is 11.3 Å². The maximum Gasteiger partial charge on any atom is 0.248 e. The Hall–Kier alpha value is -1.84. The van der Waals surface area contributed by atoms with E-state index in [0.717, 1.165) is 25.7 Å². The standard InChI is InChI=1S/C15H19NO3/c16-15(18)12-7-4-8-13(9-12)19-10-14(17)11-5-2-1-3-6-11/h4,7-9,11H,1-3,5-6,10H2,(H2,16,18). The molecule has 0 aliphatic heterocycles. The second-order valence-corrected chi connectivity index (χ2v) is 4.98. The Morgan fingerprint density at radius 1 is 1.21 bits per heavy atom. The van der Waals surface area contributed by atoms with Gasteiger partial charge in [-0.15, -0.1) is 0 Å². The van der Waals surface area contributed by atoms with Gasteiger partial charge in [-0.3, -0.25) is 9.59 Å². The number of primary amides is 1. The van der Waals surface area contributed by atoms with E-state index >= 15 is 0 Å². The summed E-state index contributed by atoms with van der Waals surface area (Å²) in [6.45, 7) is 0.0763. The Morgan fingerprint density at radius 3 is 2.63 bits per heavy atom. The smallest absolute Gasteiger partial charge is 0.248 e. The molecule has 0 spiro atoms. The van der Waals surface area contributed by atoms with E-state index in [2.05, 4.69) is 0 Å². The van der Waals surface area contributed by atoms with Gasteiger partial charge in [-0.05, 0) is 31.0 Å². The molecule has 0 radical (unpaired) electrons. The van der Waals surface area contributed by atoms with E-state index < -0.39 is 5.91 Å². The number of Topliss-reactive ketones (excluding diaryl/α,β-unsaturated/α-hetero) is 1. The van der Waals surface area contributed by atoms with Crippen molar-refractivity contribution in [2.45, 2.75) is 32.1 Å². The van der Waals surface area contributed by atoms with Crippen molar-refractivity contribution in [1.82, 2.24) is 0 Å². The molecule has 0 unspecified atom stereocenters. The van der Waals surface area contributed by atoms with Gasteiger partial charge in [0.25, 0.3) is 0 Å². The number of amides is 1. The van der Waals surface area contributed by atoms with Crippen molar-refractivity contribution >= 4 is 11.7 Å². The molecule has 0 bridgehead atoms. The molecule has 1 aliphatic carbocycles. The fourth-order valence-electron chi connectivity index (χ4n) is 2.44. The third kappa shape index (κ3) is 3.81. The predicted molar refractivity (Wildman–Crippen MR) is 72.0 cm³/mol. The molecule has 0 saturated heterocycles. The number of carbonyl (C=O) groups excluding carboxylic acids is 2. The van der Waals surface area contributed by atoms with E-state index in [1.54, 1.807) is 24.3 Å². The number of rotatable bonds is 5. The molecule has 0 aromatic heterocycles. The molecule has 102 valence electrons. The second-order valence-electron chi connectivity index (χ2n) is 4.98. The quantitative estimate of drug-likeness (QED) is 0.884. The molecule has 1 aromatic rings. The van der Waals surface area contributed by atoms with Crippen molar-refractivity contribution in [3.8, 4) is 5.75 Å². The third-order valence-electron chi connectivity index (χ3n) is 3.56. The van der Waals surface area contributed by atoms with Gasteiger partial charge in [0.2, 0.25) is 5.91 Å². The molecule has 4 heteroatoms. The molecule has 1 fully saturated rings. The Kier molecular flexibility index (Phi) is 4.55. The Labute approximate surface area is 112 Å². The zero-order chi connectivity index (χ0) is 13.7. The van der Waals surface area contributed by atoms with Crippen LogP contribution in [0.3, 0.4) is 0 Å². The molecule has 1 aromatic carbocycles. The minimum Gasteiger partial charge on any atom is -0.486 e. The summed E-state index contributed by atoms with van der Waals surface area (Å²) in [5.74, 6) is 0.321. The van der Waals surface area contributed by atoms with Crippen LogP contribution in [0.5, 0.6) is 5.75 Å². The number of ketones is 1. The number of hydrogen-bond donors (Lipinski definition) is 1. The molecule has 2 rings (SSSR count). The lowest BCUT2D eigenvalue weighted by atomic mass is 9.86. The van der Waals surface area contributed by atoms with Gasteiger partial charge in [-0.25, -0.2) is 0 Å². The summed E-state index contributed by atoms with van der Waals surface area (Å²) < 4.78 is 5.45. The Morgan fingerprint density at radius 2 is 1.95 bits per heavy atom. The van der Waals surface area contributed by atoms with Gasteiger partial charge in [-0.1, -0.05) is 25.3 Å². The number of hydrogen-bond acceptors (Lipinski definition) is 3. The van der Waals surface area contributed by atoms with Crippen molar-refractivity contribution in [2.24, 2.45) is 11.7 Å². The fraction of sp³-hybridized carbons (Fsp3) is 0.467. The maximum atomic E-state index is 12.0. The van der Waals surface area contributed by atoms with Crippen molar-refractivity contribution in [2.75, 3.05) is 6.61 Å². The van der Waals surface area contributed by atoms with Gasteiger partial charge >= 0.3 is 0 Å². The highest BCUT2D eigenvalue weighted by Crippen LogP contribution is 2.24. The van der Waals surface area contributed by atoms with E-state index in [-0.39, 0.29) is 18.3 Å². The Bertz CT molecular complexity index is 464. The molecule has 2 N–H and O–H groups in total. The molecular formula is C15H19NO3. The maximum absolute atomic E-state index is 12.0. The normalized spacial score (nSPS) is 16.0. The predicted octanol–water partition coefficient (Wildman–Crippen LogP) is 2.31. The van der Waals surface area contributed by atoms with E-state index in [9.17, 15) is 9.59 Å². The molecule has 19 heavy (non-hydrogen) atoms. The highest BCUT2D eigenvalue weighted by molar-refractivity contribution is 5.93. The summed E-state index contributed by atoms with van der Waals surface area (Å²) in [5.41, 5.74) is 5.59. The van der Waals surface area contributed by atoms with Crippen LogP contribution >= 0.6 is 0 Å². The Balaban J connectivity index is 1.89. The molecule has 0 heterocycles. The first-order valence-corrected chi connectivity index (χ1v) is 6.72. The summed E-state index contributed by atoms with van der Waals surface area (Å²) >= 11 is 0. The summed E-state index contributed by atoms with van der Waals surface area (Å²) in [5, 5.41) is 0. The van der Waals surface area contributed by atoms with Crippen LogP contribution in [0.2, 0.25) is 0 Å². The average Bonchev–Trinajstić information content (AvgIpc) is 2.46. The average molecular weight is 261 g/mol. The summed E-state index contributed by atoms with van der Waals surface area (Å²) in [4.78, 5) is 23.0. The lowest BCUT2D eigenvalue weighted by Crippen LogP contribution is -2.23. The van der Waals surface area contributed by atoms with Gasteiger partial charge in [0.1, 0.15) is 12.4 Å². The van der Waals surface area contributed by atoms with Crippen LogP contribution in [-0.2, 0) is 4.79 Å². The minimum atomic E-state index is -0.496. The first-order chi connectivity index (χ1) is 9.16. The van der Waals surface area contributed by atoms with E-state index in [4.69, 9.17) is 10.5 Å². The topological polar surface area (TPSA) is 69.4 Å². The van der Waals surface area contributed by atoms with Crippen LogP contribution in [-0.4, -0.2) is 18.3 Å². The molecular weight excluding hydrogens is 242 g/mol. The van der Waals surface area contributed by atoms with Crippen molar-refractivity contribution in [3.05, 3.63) is 29.8 Å². The number of benzene rings is 1. The second kappa shape index (κ2) is 6.36. The van der Waals surface area contributed by atoms with Crippen LogP contribution < -0.4 is 10.5 Å². The van der Waals surface area contributed by atoms with Crippen LogP contribution in [0.1, 0.15) is 42.5 Å². The monoisotopic (exact) mass is 261 g/mol. The first-order valence-electron chi connectivity index (χ1n) is 6.72. The lowest BCUT2D eigenvalue weighted by Gasteiger charge is -2.20. The molecule has 1 aliphatic rings. The van der Waals surface area contributed by atoms with Crippen LogP contribution in [0.4, 0.5) is 0 Å². The van der Waals surface area contributed by atoms with E-state index in [1.807, 2.05) is 0 Å².